The molecule has 0 aliphatic carbocycles. The summed E-state index contributed by atoms with van der Waals surface area (Å²) in [6, 6.07) is 17.1. The smallest absolute Gasteiger partial charge is 0.262 e. The largest absolute Gasteiger partial charge is 0.311 e. The lowest BCUT2D eigenvalue weighted by Gasteiger charge is -2.12. The minimum Gasteiger partial charge on any atom is -0.311 e. The highest BCUT2D eigenvalue weighted by Crippen LogP contribution is 2.29. The van der Waals surface area contributed by atoms with Crippen molar-refractivity contribution < 1.29 is 0 Å². The molecule has 0 bridgehead atoms. The van der Waals surface area contributed by atoms with Crippen LogP contribution in [0.25, 0.3) is 38.4 Å². The molecular formula is C22H18N4O2. The lowest BCUT2D eigenvalue weighted by atomic mass is 10.1. The third-order valence-corrected chi connectivity index (χ3v) is 5.46. The van der Waals surface area contributed by atoms with Crippen LogP contribution in [0.4, 0.5) is 0 Å². The van der Waals surface area contributed by atoms with Crippen molar-refractivity contribution in [1.82, 2.24) is 18.9 Å². The van der Waals surface area contributed by atoms with E-state index in [9.17, 15) is 9.59 Å². The Morgan fingerprint density at radius 1 is 0.821 bits per heavy atom. The first-order valence-corrected chi connectivity index (χ1v) is 9.05. The van der Waals surface area contributed by atoms with Crippen molar-refractivity contribution in [3.05, 3.63) is 81.0 Å². The summed E-state index contributed by atoms with van der Waals surface area (Å²) >= 11 is 0. The van der Waals surface area contributed by atoms with Crippen LogP contribution in [-0.4, -0.2) is 18.9 Å². The number of benzene rings is 2. The summed E-state index contributed by atoms with van der Waals surface area (Å²) in [6.07, 6.45) is 0. The zero-order valence-electron chi connectivity index (χ0n) is 15.8. The summed E-state index contributed by atoms with van der Waals surface area (Å²) in [4.78, 5) is 25.6. The highest BCUT2D eigenvalue weighted by molar-refractivity contribution is 6.06. The summed E-state index contributed by atoms with van der Waals surface area (Å²) in [7, 11) is 3.53. The van der Waals surface area contributed by atoms with Crippen LogP contribution in [0.15, 0.2) is 64.2 Å². The monoisotopic (exact) mass is 370 g/mol. The Bertz CT molecular complexity index is 1540. The first-order chi connectivity index (χ1) is 13.5. The standard InChI is InChI=1S/C22H18N4O2/c1-13-20-21(15-9-5-7-11-17(15)25(3)22(20)28)26(23-13)18-12-19(27)24(2)16-10-6-4-8-14(16)18/h4-12H,1-3H3. The van der Waals surface area contributed by atoms with E-state index < -0.39 is 0 Å². The van der Waals surface area contributed by atoms with E-state index in [1.807, 2.05) is 55.5 Å². The SMILES string of the molecule is Cc1nn(-c2cc(=O)n(C)c3ccccc23)c2c1c(=O)n(C)c1ccccc21. The number of aryl methyl sites for hydroxylation is 3. The normalized spacial score (nSPS) is 11.7. The number of rotatable bonds is 1. The van der Waals surface area contributed by atoms with E-state index in [2.05, 4.69) is 5.10 Å². The van der Waals surface area contributed by atoms with Crippen LogP contribution in [0.2, 0.25) is 0 Å². The number of aromatic nitrogens is 4. The van der Waals surface area contributed by atoms with E-state index >= 15 is 0 Å². The molecule has 6 heteroatoms. The Morgan fingerprint density at radius 3 is 2.14 bits per heavy atom. The summed E-state index contributed by atoms with van der Waals surface area (Å²) in [6.45, 7) is 1.83. The van der Waals surface area contributed by atoms with Gasteiger partial charge in [-0.2, -0.15) is 5.10 Å². The van der Waals surface area contributed by atoms with Gasteiger partial charge in [-0.15, -0.1) is 0 Å². The molecule has 28 heavy (non-hydrogen) atoms. The first kappa shape index (κ1) is 16.5. The predicted molar refractivity (Wildman–Crippen MR) is 111 cm³/mol. The third-order valence-electron chi connectivity index (χ3n) is 5.46. The Balaban J connectivity index is 2.06. The highest BCUT2D eigenvalue weighted by Gasteiger charge is 2.19. The molecule has 3 heterocycles. The minimum absolute atomic E-state index is 0.0920. The van der Waals surface area contributed by atoms with E-state index in [4.69, 9.17) is 0 Å². The van der Waals surface area contributed by atoms with Gasteiger partial charge in [-0.3, -0.25) is 9.59 Å². The highest BCUT2D eigenvalue weighted by atomic mass is 16.1. The van der Waals surface area contributed by atoms with Crippen molar-refractivity contribution in [3.63, 3.8) is 0 Å². The van der Waals surface area contributed by atoms with Gasteiger partial charge in [0.25, 0.3) is 11.1 Å². The van der Waals surface area contributed by atoms with Gasteiger partial charge >= 0.3 is 0 Å². The van der Waals surface area contributed by atoms with Gasteiger partial charge in [0.1, 0.15) is 0 Å². The maximum atomic E-state index is 13.0. The summed E-state index contributed by atoms with van der Waals surface area (Å²) in [5.74, 6) is 0. The van der Waals surface area contributed by atoms with Crippen molar-refractivity contribution in [2.24, 2.45) is 14.1 Å². The van der Waals surface area contributed by atoms with Crippen molar-refractivity contribution >= 4 is 32.7 Å². The van der Waals surface area contributed by atoms with Gasteiger partial charge < -0.3 is 9.13 Å². The maximum absolute atomic E-state index is 13.0. The van der Waals surface area contributed by atoms with Crippen LogP contribution in [0.1, 0.15) is 5.69 Å². The molecule has 0 aliphatic rings. The molecule has 5 rings (SSSR count). The molecule has 0 aliphatic heterocycles. The molecule has 0 atom stereocenters. The molecule has 6 nitrogen and oxygen atoms in total. The van der Waals surface area contributed by atoms with Crippen molar-refractivity contribution in [2.45, 2.75) is 6.92 Å². The van der Waals surface area contributed by atoms with E-state index in [0.29, 0.717) is 16.8 Å². The Labute approximate surface area is 159 Å². The molecule has 2 aromatic carbocycles. The number of nitrogens with zero attached hydrogens (tertiary/aromatic N) is 4. The minimum atomic E-state index is -0.122. The average molecular weight is 370 g/mol. The number of fused-ring (bicyclic) bond motifs is 4. The lowest BCUT2D eigenvalue weighted by Crippen LogP contribution is -2.19. The van der Waals surface area contributed by atoms with Crippen molar-refractivity contribution in [1.29, 1.82) is 0 Å². The van der Waals surface area contributed by atoms with Gasteiger partial charge in [0.2, 0.25) is 0 Å². The van der Waals surface area contributed by atoms with E-state index in [1.165, 1.54) is 0 Å². The second-order valence-electron chi connectivity index (χ2n) is 7.05. The molecule has 0 saturated carbocycles. The van der Waals surface area contributed by atoms with Gasteiger partial charge in [-0.25, -0.2) is 4.68 Å². The van der Waals surface area contributed by atoms with Gasteiger partial charge in [-0.05, 0) is 19.1 Å². The van der Waals surface area contributed by atoms with Gasteiger partial charge in [0, 0.05) is 30.9 Å². The molecule has 0 unspecified atom stereocenters. The first-order valence-electron chi connectivity index (χ1n) is 9.05. The van der Waals surface area contributed by atoms with Gasteiger partial charge in [0.15, 0.2) is 0 Å². The van der Waals surface area contributed by atoms with Crippen LogP contribution in [0, 0.1) is 6.92 Å². The molecule has 0 spiro atoms. The number of para-hydroxylation sites is 2. The summed E-state index contributed by atoms with van der Waals surface area (Å²) in [5, 5.41) is 7.09. The fourth-order valence-electron chi connectivity index (χ4n) is 4.02. The molecule has 3 aromatic heterocycles. The van der Waals surface area contributed by atoms with Crippen molar-refractivity contribution in [2.75, 3.05) is 0 Å². The average Bonchev–Trinajstić information content (AvgIpc) is 3.06. The molecular weight excluding hydrogens is 352 g/mol. The number of hydrogen-bond acceptors (Lipinski definition) is 3. The molecule has 0 radical (unpaired) electrons. The molecule has 0 N–H and O–H groups in total. The van der Waals surface area contributed by atoms with E-state index in [0.717, 1.165) is 27.3 Å². The third kappa shape index (κ3) is 2.05. The van der Waals surface area contributed by atoms with E-state index in [1.54, 1.807) is 34.0 Å². The second kappa shape index (κ2) is 5.66. The Morgan fingerprint density at radius 2 is 1.43 bits per heavy atom. The quantitative estimate of drug-likeness (QED) is 0.456. The van der Waals surface area contributed by atoms with Crippen LogP contribution in [-0.2, 0) is 14.1 Å². The number of hydrogen-bond donors (Lipinski definition) is 0. The van der Waals surface area contributed by atoms with Gasteiger partial charge in [-0.1, -0.05) is 36.4 Å². The molecule has 0 saturated heterocycles. The molecule has 138 valence electrons. The summed E-state index contributed by atoms with van der Waals surface area (Å²) < 4.78 is 5.02. The fraction of sp³-hybridized carbons (Fsp3) is 0.136. The summed E-state index contributed by atoms with van der Waals surface area (Å²) in [5.41, 5.74) is 3.48. The molecule has 0 fully saturated rings. The van der Waals surface area contributed by atoms with Crippen LogP contribution in [0.3, 0.4) is 0 Å². The molecule has 0 amide bonds. The van der Waals surface area contributed by atoms with Crippen LogP contribution < -0.4 is 11.1 Å². The zero-order valence-corrected chi connectivity index (χ0v) is 15.8. The van der Waals surface area contributed by atoms with E-state index in [-0.39, 0.29) is 11.1 Å². The lowest BCUT2D eigenvalue weighted by molar-refractivity contribution is 0.866. The van der Waals surface area contributed by atoms with Crippen LogP contribution in [0.5, 0.6) is 0 Å². The predicted octanol–water partition coefficient (Wildman–Crippen LogP) is 3.04. The topological polar surface area (TPSA) is 61.8 Å². The van der Waals surface area contributed by atoms with Crippen LogP contribution >= 0.6 is 0 Å². The molecule has 5 aromatic rings. The van der Waals surface area contributed by atoms with Crippen molar-refractivity contribution in [3.8, 4) is 5.69 Å². The maximum Gasteiger partial charge on any atom is 0.262 e. The number of pyridine rings is 2. The zero-order chi connectivity index (χ0) is 19.6. The Hall–Kier alpha value is -3.67. The fourth-order valence-corrected chi connectivity index (χ4v) is 4.02. The van der Waals surface area contributed by atoms with Gasteiger partial charge in [0.05, 0.1) is 33.3 Å². The second-order valence-corrected chi connectivity index (χ2v) is 7.05. The Kier molecular flexibility index (Phi) is 3.34.